The van der Waals surface area contributed by atoms with Gasteiger partial charge in [-0.25, -0.2) is 4.79 Å². The Morgan fingerprint density at radius 1 is 1.32 bits per heavy atom. The van der Waals surface area contributed by atoms with Crippen molar-refractivity contribution in [2.45, 2.75) is 31.8 Å². The van der Waals surface area contributed by atoms with Crippen LogP contribution in [0.2, 0.25) is 0 Å². The molecule has 0 spiro atoms. The van der Waals surface area contributed by atoms with Gasteiger partial charge in [0, 0.05) is 11.8 Å². The van der Waals surface area contributed by atoms with Gasteiger partial charge in [0.05, 0.1) is 19.1 Å². The fourth-order valence-electron chi connectivity index (χ4n) is 2.60. The molecule has 0 aromatic heterocycles. The monoisotopic (exact) mass is 303 g/mol. The Balaban J connectivity index is 2.02. The lowest BCUT2D eigenvalue weighted by atomic mass is 9.86. The molecule has 5 nitrogen and oxygen atoms in total. The van der Waals surface area contributed by atoms with Gasteiger partial charge in [-0.15, -0.1) is 0 Å². The lowest BCUT2D eigenvalue weighted by Gasteiger charge is -2.26. The van der Waals surface area contributed by atoms with Crippen molar-refractivity contribution < 1.29 is 19.4 Å². The highest BCUT2D eigenvalue weighted by atomic mass is 16.5. The molecule has 0 radical (unpaired) electrons. The third-order valence-corrected chi connectivity index (χ3v) is 3.83. The molecule has 22 heavy (non-hydrogen) atoms. The van der Waals surface area contributed by atoms with E-state index in [9.17, 15) is 14.7 Å². The van der Waals surface area contributed by atoms with Crippen LogP contribution in [0.3, 0.4) is 0 Å². The van der Waals surface area contributed by atoms with E-state index in [1.165, 1.54) is 13.2 Å². The molecular weight excluding hydrogens is 282 g/mol. The van der Waals surface area contributed by atoms with Gasteiger partial charge < -0.3 is 15.2 Å². The van der Waals surface area contributed by atoms with Crippen LogP contribution in [0.4, 0.5) is 5.69 Å². The second-order valence-corrected chi connectivity index (χ2v) is 5.43. The normalized spacial score (nSPS) is 21.5. The van der Waals surface area contributed by atoms with Crippen LogP contribution in [0, 0.1) is 5.92 Å². The Labute approximate surface area is 130 Å². The Morgan fingerprint density at radius 2 is 2.09 bits per heavy atom. The molecule has 1 aliphatic rings. The maximum atomic E-state index is 12.2. The van der Waals surface area contributed by atoms with Gasteiger partial charge in [-0.05, 0) is 36.6 Å². The molecule has 1 aromatic carbocycles. The summed E-state index contributed by atoms with van der Waals surface area (Å²) in [6, 6.07) is 7.17. The first kappa shape index (κ1) is 16.2. The number of methoxy groups -OCH3 is 1. The molecule has 0 bridgehead atoms. The maximum Gasteiger partial charge on any atom is 0.330 e. The zero-order valence-corrected chi connectivity index (χ0v) is 12.6. The molecule has 1 saturated carbocycles. The molecule has 2 atom stereocenters. The van der Waals surface area contributed by atoms with Crippen molar-refractivity contribution in [2.75, 3.05) is 12.4 Å². The number of nitrogens with one attached hydrogen (secondary N) is 1. The van der Waals surface area contributed by atoms with Gasteiger partial charge in [0.15, 0.2) is 0 Å². The number of aliphatic hydroxyl groups excluding tert-OH is 1. The Kier molecular flexibility index (Phi) is 5.72. The van der Waals surface area contributed by atoms with Crippen LogP contribution in [0.1, 0.15) is 31.2 Å². The van der Waals surface area contributed by atoms with E-state index in [2.05, 4.69) is 10.1 Å². The molecule has 1 fully saturated rings. The Bertz CT molecular complexity index is 568. The van der Waals surface area contributed by atoms with Crippen molar-refractivity contribution in [1.29, 1.82) is 0 Å². The maximum absolute atomic E-state index is 12.2. The van der Waals surface area contributed by atoms with Gasteiger partial charge in [-0.1, -0.05) is 25.0 Å². The minimum atomic E-state index is -0.559. The molecule has 1 aliphatic carbocycles. The summed E-state index contributed by atoms with van der Waals surface area (Å²) in [4.78, 5) is 23.3. The first-order valence-corrected chi connectivity index (χ1v) is 7.45. The van der Waals surface area contributed by atoms with Gasteiger partial charge in [0.1, 0.15) is 0 Å². The standard InChI is InChI=1S/C17H21NO4/c1-22-16(20)10-9-12-5-4-6-13(11-12)18-17(21)14-7-2-3-8-15(14)19/h4-6,9-11,14-15,19H,2-3,7-8H2,1H3,(H,18,21)/b10-9+/t14-,15+/m1/s1. The fourth-order valence-corrected chi connectivity index (χ4v) is 2.60. The highest BCUT2D eigenvalue weighted by Gasteiger charge is 2.29. The number of carbonyl (C=O) groups is 2. The van der Waals surface area contributed by atoms with Crippen molar-refractivity contribution in [2.24, 2.45) is 5.92 Å². The number of esters is 1. The minimum absolute atomic E-state index is 0.152. The molecule has 0 unspecified atom stereocenters. The lowest BCUT2D eigenvalue weighted by Crippen LogP contribution is -2.35. The summed E-state index contributed by atoms with van der Waals surface area (Å²) in [5.41, 5.74) is 1.43. The SMILES string of the molecule is COC(=O)/C=C/c1cccc(NC(=O)[C@@H]2CCCC[C@@H]2O)c1. The second-order valence-electron chi connectivity index (χ2n) is 5.43. The van der Waals surface area contributed by atoms with Crippen LogP contribution in [-0.4, -0.2) is 30.2 Å². The molecule has 118 valence electrons. The summed E-state index contributed by atoms with van der Waals surface area (Å²) >= 11 is 0. The van der Waals surface area contributed by atoms with E-state index < -0.39 is 12.1 Å². The number of hydrogen-bond acceptors (Lipinski definition) is 4. The van der Waals surface area contributed by atoms with E-state index in [4.69, 9.17) is 0 Å². The number of rotatable bonds is 4. The van der Waals surface area contributed by atoms with Crippen LogP contribution >= 0.6 is 0 Å². The first-order chi connectivity index (χ1) is 10.6. The van der Waals surface area contributed by atoms with Crippen LogP contribution in [0.15, 0.2) is 30.3 Å². The van der Waals surface area contributed by atoms with E-state index in [0.717, 1.165) is 24.8 Å². The summed E-state index contributed by atoms with van der Waals surface area (Å²) in [6.45, 7) is 0. The van der Waals surface area contributed by atoms with Crippen molar-refractivity contribution in [3.8, 4) is 0 Å². The Hall–Kier alpha value is -2.14. The van der Waals surface area contributed by atoms with Gasteiger partial charge in [-0.2, -0.15) is 0 Å². The van der Waals surface area contributed by atoms with Gasteiger partial charge in [-0.3, -0.25) is 4.79 Å². The fraction of sp³-hybridized carbons (Fsp3) is 0.412. The lowest BCUT2D eigenvalue weighted by molar-refractivity contribution is -0.134. The molecule has 0 saturated heterocycles. The predicted octanol–water partition coefficient (Wildman–Crippen LogP) is 2.36. The van der Waals surface area contributed by atoms with Gasteiger partial charge in [0.2, 0.25) is 5.91 Å². The summed E-state index contributed by atoms with van der Waals surface area (Å²) in [5, 5.41) is 12.8. The van der Waals surface area contributed by atoms with Crippen molar-refractivity contribution >= 4 is 23.6 Å². The van der Waals surface area contributed by atoms with Crippen molar-refractivity contribution in [3.05, 3.63) is 35.9 Å². The highest BCUT2D eigenvalue weighted by molar-refractivity contribution is 5.93. The van der Waals surface area contributed by atoms with Gasteiger partial charge >= 0.3 is 5.97 Å². The largest absolute Gasteiger partial charge is 0.466 e. The van der Waals surface area contributed by atoms with E-state index in [1.54, 1.807) is 24.3 Å². The summed E-state index contributed by atoms with van der Waals surface area (Å²) in [7, 11) is 1.32. The average molecular weight is 303 g/mol. The first-order valence-electron chi connectivity index (χ1n) is 7.45. The van der Waals surface area contributed by atoms with E-state index in [1.807, 2.05) is 6.07 Å². The number of ether oxygens (including phenoxy) is 1. The van der Waals surface area contributed by atoms with Crippen molar-refractivity contribution in [3.63, 3.8) is 0 Å². The van der Waals surface area contributed by atoms with Crippen LogP contribution in [0.5, 0.6) is 0 Å². The van der Waals surface area contributed by atoms with E-state index >= 15 is 0 Å². The third kappa shape index (κ3) is 4.43. The zero-order chi connectivity index (χ0) is 15.9. The summed E-state index contributed by atoms with van der Waals surface area (Å²) < 4.78 is 4.53. The smallest absolute Gasteiger partial charge is 0.330 e. The minimum Gasteiger partial charge on any atom is -0.466 e. The number of anilines is 1. The molecule has 2 N–H and O–H groups in total. The molecule has 1 amide bonds. The van der Waals surface area contributed by atoms with E-state index in [-0.39, 0.29) is 11.8 Å². The van der Waals surface area contributed by atoms with Crippen LogP contribution in [0.25, 0.3) is 6.08 Å². The number of aliphatic hydroxyl groups is 1. The third-order valence-electron chi connectivity index (χ3n) is 3.83. The quantitative estimate of drug-likeness (QED) is 0.661. The number of hydrogen-bond donors (Lipinski definition) is 2. The predicted molar refractivity (Wildman–Crippen MR) is 84.1 cm³/mol. The molecule has 0 heterocycles. The van der Waals surface area contributed by atoms with Gasteiger partial charge in [0.25, 0.3) is 0 Å². The zero-order valence-electron chi connectivity index (χ0n) is 12.6. The van der Waals surface area contributed by atoms with Crippen LogP contribution in [-0.2, 0) is 14.3 Å². The average Bonchev–Trinajstić information content (AvgIpc) is 2.53. The van der Waals surface area contributed by atoms with Crippen molar-refractivity contribution in [1.82, 2.24) is 0 Å². The molecule has 0 aliphatic heterocycles. The molecule has 2 rings (SSSR count). The van der Waals surface area contributed by atoms with Crippen LogP contribution < -0.4 is 5.32 Å². The topological polar surface area (TPSA) is 75.6 Å². The number of amides is 1. The molecular formula is C17H21NO4. The number of benzene rings is 1. The number of carbonyl (C=O) groups excluding carboxylic acids is 2. The second kappa shape index (κ2) is 7.75. The molecule has 5 heteroatoms. The molecule has 1 aromatic rings. The Morgan fingerprint density at radius 3 is 2.82 bits per heavy atom. The highest BCUT2D eigenvalue weighted by Crippen LogP contribution is 2.25. The summed E-state index contributed by atoms with van der Waals surface area (Å²) in [5.74, 6) is -0.927. The summed E-state index contributed by atoms with van der Waals surface area (Å²) in [6.07, 6.45) is 5.73. The van der Waals surface area contributed by atoms with E-state index in [0.29, 0.717) is 12.1 Å².